The molecule has 0 fully saturated rings. The van der Waals surface area contributed by atoms with Gasteiger partial charge in [-0.2, -0.15) is 0 Å². The van der Waals surface area contributed by atoms with Gasteiger partial charge >= 0.3 is 5.69 Å². The van der Waals surface area contributed by atoms with Gasteiger partial charge in [-0.05, 0) is 12.1 Å². The molecule has 0 aliphatic heterocycles. The SMILES string of the molecule is COCCCOc1ccc(OC)cc1[N+](=O)[O-]. The number of methoxy groups -OCH3 is 2. The van der Waals surface area contributed by atoms with E-state index in [4.69, 9.17) is 14.2 Å². The Morgan fingerprint density at radius 1 is 1.29 bits per heavy atom. The van der Waals surface area contributed by atoms with Crippen molar-refractivity contribution in [3.8, 4) is 11.5 Å². The fourth-order valence-corrected chi connectivity index (χ4v) is 1.27. The van der Waals surface area contributed by atoms with Crippen LogP contribution in [-0.4, -0.2) is 32.4 Å². The third-order valence-corrected chi connectivity index (χ3v) is 2.11. The van der Waals surface area contributed by atoms with E-state index in [0.29, 0.717) is 25.4 Å². The Morgan fingerprint density at radius 3 is 2.65 bits per heavy atom. The van der Waals surface area contributed by atoms with E-state index in [-0.39, 0.29) is 11.4 Å². The summed E-state index contributed by atoms with van der Waals surface area (Å²) in [6.07, 6.45) is 0.680. The third kappa shape index (κ3) is 3.92. The van der Waals surface area contributed by atoms with Crippen molar-refractivity contribution >= 4 is 5.69 Å². The van der Waals surface area contributed by atoms with Crippen LogP contribution in [0.1, 0.15) is 6.42 Å². The fourth-order valence-electron chi connectivity index (χ4n) is 1.27. The Morgan fingerprint density at radius 2 is 2.06 bits per heavy atom. The third-order valence-electron chi connectivity index (χ3n) is 2.11. The lowest BCUT2D eigenvalue weighted by Gasteiger charge is -2.07. The van der Waals surface area contributed by atoms with Gasteiger partial charge in [0.2, 0.25) is 0 Å². The van der Waals surface area contributed by atoms with Crippen LogP contribution in [0.5, 0.6) is 11.5 Å². The minimum atomic E-state index is -0.492. The van der Waals surface area contributed by atoms with Gasteiger partial charge in [-0.1, -0.05) is 0 Å². The molecule has 0 unspecified atom stereocenters. The number of nitro groups is 1. The van der Waals surface area contributed by atoms with E-state index < -0.39 is 4.92 Å². The van der Waals surface area contributed by atoms with Crippen molar-refractivity contribution in [1.82, 2.24) is 0 Å². The summed E-state index contributed by atoms with van der Waals surface area (Å²) in [6, 6.07) is 4.49. The number of benzene rings is 1. The molecular formula is C11H15NO5. The first-order valence-electron chi connectivity index (χ1n) is 5.13. The van der Waals surface area contributed by atoms with Gasteiger partial charge in [0, 0.05) is 20.1 Å². The second-order valence-electron chi connectivity index (χ2n) is 3.29. The van der Waals surface area contributed by atoms with E-state index in [0.717, 1.165) is 0 Å². The minimum Gasteiger partial charge on any atom is -0.496 e. The summed E-state index contributed by atoms with van der Waals surface area (Å²) in [5.74, 6) is 0.674. The maximum Gasteiger partial charge on any atom is 0.314 e. The highest BCUT2D eigenvalue weighted by Crippen LogP contribution is 2.30. The van der Waals surface area contributed by atoms with Gasteiger partial charge in [0.15, 0.2) is 5.75 Å². The Hall–Kier alpha value is -1.82. The maximum absolute atomic E-state index is 10.8. The number of rotatable bonds is 7. The predicted molar refractivity (Wildman–Crippen MR) is 61.6 cm³/mol. The van der Waals surface area contributed by atoms with Crippen molar-refractivity contribution < 1.29 is 19.1 Å². The van der Waals surface area contributed by atoms with Crippen LogP contribution < -0.4 is 9.47 Å². The summed E-state index contributed by atoms with van der Waals surface area (Å²) >= 11 is 0. The van der Waals surface area contributed by atoms with Gasteiger partial charge in [0.05, 0.1) is 24.7 Å². The number of hydrogen-bond donors (Lipinski definition) is 0. The van der Waals surface area contributed by atoms with Crippen LogP contribution in [0, 0.1) is 10.1 Å². The molecule has 1 aromatic carbocycles. The standard InChI is InChI=1S/C11H15NO5/c1-15-6-3-7-17-11-5-4-9(16-2)8-10(11)12(13)14/h4-5,8H,3,6-7H2,1-2H3. The molecule has 0 aliphatic carbocycles. The molecule has 1 aromatic rings. The van der Waals surface area contributed by atoms with Crippen molar-refractivity contribution in [2.45, 2.75) is 6.42 Å². The summed E-state index contributed by atoms with van der Waals surface area (Å²) in [5, 5.41) is 10.8. The molecule has 1 rings (SSSR count). The molecule has 0 bridgehead atoms. The molecule has 0 aliphatic rings. The Bertz CT molecular complexity index is 380. The summed E-state index contributed by atoms with van der Waals surface area (Å²) in [7, 11) is 3.05. The summed E-state index contributed by atoms with van der Waals surface area (Å²) in [6.45, 7) is 0.935. The van der Waals surface area contributed by atoms with Gasteiger partial charge in [-0.25, -0.2) is 0 Å². The van der Waals surface area contributed by atoms with E-state index in [1.54, 1.807) is 13.2 Å². The lowest BCUT2D eigenvalue weighted by Crippen LogP contribution is -2.03. The first kappa shape index (κ1) is 13.2. The highest BCUT2D eigenvalue weighted by atomic mass is 16.6. The highest BCUT2D eigenvalue weighted by molar-refractivity contribution is 5.50. The molecule has 0 atom stereocenters. The molecule has 0 spiro atoms. The van der Waals surface area contributed by atoms with Gasteiger partial charge in [-0.15, -0.1) is 0 Å². The quantitative estimate of drug-likeness (QED) is 0.415. The average Bonchev–Trinajstić information content (AvgIpc) is 2.34. The maximum atomic E-state index is 10.8. The first-order valence-corrected chi connectivity index (χ1v) is 5.13. The van der Waals surface area contributed by atoms with Crippen molar-refractivity contribution in [3.05, 3.63) is 28.3 Å². The molecule has 6 heteroatoms. The van der Waals surface area contributed by atoms with Gasteiger partial charge in [0.25, 0.3) is 0 Å². The molecule has 0 radical (unpaired) electrons. The summed E-state index contributed by atoms with van der Waals surface area (Å²) in [5.41, 5.74) is -0.0956. The summed E-state index contributed by atoms with van der Waals surface area (Å²) in [4.78, 5) is 10.3. The summed E-state index contributed by atoms with van der Waals surface area (Å²) < 4.78 is 15.1. The fraction of sp³-hybridized carbons (Fsp3) is 0.455. The second kappa shape index (κ2) is 6.70. The van der Waals surface area contributed by atoms with E-state index >= 15 is 0 Å². The highest BCUT2D eigenvalue weighted by Gasteiger charge is 2.16. The van der Waals surface area contributed by atoms with Crippen molar-refractivity contribution in [3.63, 3.8) is 0 Å². The van der Waals surface area contributed by atoms with Crippen LogP contribution in [0.25, 0.3) is 0 Å². The van der Waals surface area contributed by atoms with Crippen LogP contribution in [-0.2, 0) is 4.74 Å². The molecule has 0 heterocycles. The van der Waals surface area contributed by atoms with Crippen LogP contribution in [0.2, 0.25) is 0 Å². The molecule has 0 N–H and O–H groups in total. The smallest absolute Gasteiger partial charge is 0.314 e. The monoisotopic (exact) mass is 241 g/mol. The lowest BCUT2D eigenvalue weighted by atomic mass is 10.3. The van der Waals surface area contributed by atoms with Crippen LogP contribution in [0.4, 0.5) is 5.69 Å². The largest absolute Gasteiger partial charge is 0.496 e. The van der Waals surface area contributed by atoms with Crippen LogP contribution >= 0.6 is 0 Å². The number of hydrogen-bond acceptors (Lipinski definition) is 5. The van der Waals surface area contributed by atoms with E-state index in [1.807, 2.05) is 0 Å². The zero-order valence-electron chi connectivity index (χ0n) is 9.84. The minimum absolute atomic E-state index is 0.0956. The topological polar surface area (TPSA) is 70.8 Å². The molecule has 0 amide bonds. The van der Waals surface area contributed by atoms with E-state index in [1.165, 1.54) is 19.2 Å². The van der Waals surface area contributed by atoms with Crippen molar-refractivity contribution in [1.29, 1.82) is 0 Å². The molecule has 6 nitrogen and oxygen atoms in total. The molecule has 0 saturated carbocycles. The normalized spacial score (nSPS) is 10.0. The lowest BCUT2D eigenvalue weighted by molar-refractivity contribution is -0.385. The molecule has 0 saturated heterocycles. The first-order chi connectivity index (χ1) is 8.19. The van der Waals surface area contributed by atoms with Gasteiger partial charge in [-0.3, -0.25) is 10.1 Å². The number of nitrogens with zero attached hydrogens (tertiary/aromatic N) is 1. The number of ether oxygens (including phenoxy) is 3. The molecular weight excluding hydrogens is 226 g/mol. The predicted octanol–water partition coefficient (Wildman–Crippen LogP) is 2.02. The van der Waals surface area contributed by atoms with Gasteiger partial charge in [0.1, 0.15) is 5.75 Å². The van der Waals surface area contributed by atoms with E-state index in [2.05, 4.69) is 0 Å². The average molecular weight is 241 g/mol. The zero-order chi connectivity index (χ0) is 12.7. The number of nitro benzene ring substituents is 1. The van der Waals surface area contributed by atoms with Gasteiger partial charge < -0.3 is 14.2 Å². The Kier molecular flexibility index (Phi) is 5.22. The molecule has 0 aromatic heterocycles. The second-order valence-corrected chi connectivity index (χ2v) is 3.29. The molecule has 17 heavy (non-hydrogen) atoms. The molecule has 94 valence electrons. The zero-order valence-corrected chi connectivity index (χ0v) is 9.84. The van der Waals surface area contributed by atoms with Crippen LogP contribution in [0.3, 0.4) is 0 Å². The Labute approximate surface area is 99.2 Å². The van der Waals surface area contributed by atoms with E-state index in [9.17, 15) is 10.1 Å². The Balaban J connectivity index is 2.73. The van der Waals surface area contributed by atoms with Crippen molar-refractivity contribution in [2.24, 2.45) is 0 Å². The van der Waals surface area contributed by atoms with Crippen LogP contribution in [0.15, 0.2) is 18.2 Å². The van der Waals surface area contributed by atoms with Crippen molar-refractivity contribution in [2.75, 3.05) is 27.4 Å².